The van der Waals surface area contributed by atoms with Crippen LogP contribution in [0.25, 0.3) is 0 Å². The van der Waals surface area contributed by atoms with Gasteiger partial charge in [0.25, 0.3) is 0 Å². The van der Waals surface area contributed by atoms with Gasteiger partial charge in [-0.3, -0.25) is 9.48 Å². The molecular weight excluding hydrogens is 371 g/mol. The van der Waals surface area contributed by atoms with E-state index in [9.17, 15) is 22.5 Å². The molecule has 0 fully saturated rings. The summed E-state index contributed by atoms with van der Waals surface area (Å²) in [6, 6.07) is 0. The number of hydrogen-bond acceptors (Lipinski definition) is 5. The summed E-state index contributed by atoms with van der Waals surface area (Å²) in [4.78, 5) is 11.6. The molecule has 0 aliphatic heterocycles. The molecule has 0 aliphatic rings. The number of alkyl halides is 3. The van der Waals surface area contributed by atoms with Crippen LogP contribution in [0.15, 0.2) is 16.8 Å². The molecule has 0 spiro atoms. The predicted molar refractivity (Wildman–Crippen MR) is 93.1 cm³/mol. The van der Waals surface area contributed by atoms with Crippen molar-refractivity contribution < 1.29 is 27.3 Å². The summed E-state index contributed by atoms with van der Waals surface area (Å²) in [5.74, 6) is -2.92. The van der Waals surface area contributed by atoms with Crippen LogP contribution in [0.1, 0.15) is 46.1 Å². The van der Waals surface area contributed by atoms with Gasteiger partial charge in [-0.05, 0) is 27.7 Å². The molecule has 0 aliphatic carbocycles. The number of halogens is 3. The maximum atomic E-state index is 13.4. The van der Waals surface area contributed by atoms with Gasteiger partial charge in [0.2, 0.25) is 0 Å². The van der Waals surface area contributed by atoms with E-state index in [2.05, 4.69) is 14.2 Å². The molecule has 0 saturated heterocycles. The van der Waals surface area contributed by atoms with Crippen LogP contribution in [0.2, 0.25) is 0 Å². The Kier molecular flexibility index (Phi) is 7.70. The molecule has 0 aromatic carbocycles. The van der Waals surface area contributed by atoms with Gasteiger partial charge < -0.3 is 9.29 Å². The van der Waals surface area contributed by atoms with E-state index >= 15 is 0 Å². The third-order valence-corrected chi connectivity index (χ3v) is 4.81. The quantitative estimate of drug-likeness (QED) is 0.403. The molecule has 0 amide bonds. The molecule has 0 bridgehead atoms. The Hall–Kier alpha value is -1.55. The molecule has 1 rings (SSSR count). The SMILES string of the molecule is CCOC(=O)C[C@H](C/C(=N/[S@+]([O-])C(C)(C)C)c1cnn(C)c1)C(F)(F)F. The molecule has 0 unspecified atom stereocenters. The van der Waals surface area contributed by atoms with Gasteiger partial charge in [-0.2, -0.15) is 18.3 Å². The molecule has 148 valence electrons. The number of aryl methyl sites for hydroxylation is 1. The van der Waals surface area contributed by atoms with Gasteiger partial charge in [-0.15, -0.1) is 0 Å². The van der Waals surface area contributed by atoms with E-state index in [1.54, 1.807) is 27.8 Å². The van der Waals surface area contributed by atoms with Crippen LogP contribution in [0.4, 0.5) is 13.2 Å². The van der Waals surface area contributed by atoms with Gasteiger partial charge in [0.15, 0.2) is 0 Å². The van der Waals surface area contributed by atoms with Gasteiger partial charge in [0.1, 0.15) is 21.8 Å². The molecule has 26 heavy (non-hydrogen) atoms. The average molecular weight is 395 g/mol. The highest BCUT2D eigenvalue weighted by Gasteiger charge is 2.42. The number of aromatic nitrogens is 2. The predicted octanol–water partition coefficient (Wildman–Crippen LogP) is 3.19. The molecule has 0 N–H and O–H groups in total. The first kappa shape index (κ1) is 22.5. The molecule has 1 aromatic rings. The van der Waals surface area contributed by atoms with E-state index in [1.807, 2.05) is 0 Å². The van der Waals surface area contributed by atoms with Gasteiger partial charge in [0, 0.05) is 25.2 Å². The van der Waals surface area contributed by atoms with Crippen molar-refractivity contribution >= 4 is 23.0 Å². The van der Waals surface area contributed by atoms with Crippen molar-refractivity contribution in [2.24, 2.45) is 17.4 Å². The van der Waals surface area contributed by atoms with Crippen molar-refractivity contribution in [2.45, 2.75) is 51.5 Å². The molecule has 1 aromatic heterocycles. The van der Waals surface area contributed by atoms with E-state index in [1.165, 1.54) is 24.0 Å². The highest BCUT2D eigenvalue weighted by Crippen LogP contribution is 2.33. The Morgan fingerprint density at radius 1 is 1.38 bits per heavy atom. The number of carbonyl (C=O) groups excluding carboxylic acids is 1. The summed E-state index contributed by atoms with van der Waals surface area (Å²) in [5, 5.41) is 3.93. The maximum Gasteiger partial charge on any atom is 0.392 e. The Morgan fingerprint density at radius 3 is 2.42 bits per heavy atom. The highest BCUT2D eigenvalue weighted by molar-refractivity contribution is 7.91. The van der Waals surface area contributed by atoms with E-state index < -0.39 is 47.0 Å². The maximum absolute atomic E-state index is 13.4. The Labute approximate surface area is 154 Å². The van der Waals surface area contributed by atoms with Crippen LogP contribution in [-0.4, -0.2) is 43.5 Å². The Bertz CT molecular complexity index is 639. The van der Waals surface area contributed by atoms with E-state index in [-0.39, 0.29) is 12.3 Å². The van der Waals surface area contributed by atoms with Crippen molar-refractivity contribution in [3.8, 4) is 0 Å². The van der Waals surface area contributed by atoms with E-state index in [0.717, 1.165) is 0 Å². The lowest BCUT2D eigenvalue weighted by molar-refractivity contribution is -0.182. The lowest BCUT2D eigenvalue weighted by Crippen LogP contribution is -2.31. The number of esters is 1. The summed E-state index contributed by atoms with van der Waals surface area (Å²) < 4.78 is 61.9. The molecule has 0 saturated carbocycles. The minimum Gasteiger partial charge on any atom is -0.591 e. The lowest BCUT2D eigenvalue weighted by Gasteiger charge is -2.22. The fourth-order valence-electron chi connectivity index (χ4n) is 1.97. The normalized spacial score (nSPS) is 15.7. The van der Waals surface area contributed by atoms with Crippen LogP contribution in [-0.2, 0) is 27.9 Å². The second-order valence-electron chi connectivity index (χ2n) is 6.75. The van der Waals surface area contributed by atoms with Gasteiger partial charge in [-0.1, -0.05) is 4.40 Å². The van der Waals surface area contributed by atoms with Crippen LogP contribution in [0.5, 0.6) is 0 Å². The monoisotopic (exact) mass is 395 g/mol. The summed E-state index contributed by atoms with van der Waals surface area (Å²) in [6.45, 7) is 6.55. The first-order valence-corrected chi connectivity index (χ1v) is 9.16. The number of nitrogens with zero attached hydrogens (tertiary/aromatic N) is 3. The van der Waals surface area contributed by atoms with Crippen molar-refractivity contribution in [3.05, 3.63) is 18.0 Å². The third-order valence-electron chi connectivity index (χ3n) is 3.38. The molecule has 2 atom stereocenters. The number of ether oxygens (including phenoxy) is 1. The molecule has 0 radical (unpaired) electrons. The average Bonchev–Trinajstić information content (AvgIpc) is 2.90. The van der Waals surface area contributed by atoms with Crippen molar-refractivity contribution in [2.75, 3.05) is 6.61 Å². The van der Waals surface area contributed by atoms with Gasteiger partial charge in [0.05, 0.1) is 25.1 Å². The van der Waals surface area contributed by atoms with Crippen molar-refractivity contribution in [3.63, 3.8) is 0 Å². The van der Waals surface area contributed by atoms with Crippen molar-refractivity contribution in [1.29, 1.82) is 0 Å². The van der Waals surface area contributed by atoms with E-state index in [0.29, 0.717) is 5.56 Å². The van der Waals surface area contributed by atoms with Crippen LogP contribution >= 0.6 is 0 Å². The Balaban J connectivity index is 3.19. The Morgan fingerprint density at radius 2 is 2.00 bits per heavy atom. The lowest BCUT2D eigenvalue weighted by atomic mass is 9.95. The number of carbonyl (C=O) groups is 1. The van der Waals surface area contributed by atoms with E-state index in [4.69, 9.17) is 0 Å². The second-order valence-corrected chi connectivity index (χ2v) is 8.66. The molecule has 10 heteroatoms. The second kappa shape index (κ2) is 8.90. The van der Waals surface area contributed by atoms with Crippen LogP contribution < -0.4 is 0 Å². The summed E-state index contributed by atoms with van der Waals surface area (Å²) in [5.41, 5.74) is 0.334. The largest absolute Gasteiger partial charge is 0.591 e. The minimum absolute atomic E-state index is 0.000995. The topological polar surface area (TPSA) is 79.5 Å². The summed E-state index contributed by atoms with van der Waals surface area (Å²) >= 11 is -1.75. The molecular formula is C16H24F3N3O3S. The number of hydrogen-bond donors (Lipinski definition) is 0. The first-order chi connectivity index (χ1) is 11.8. The first-order valence-electron chi connectivity index (χ1n) is 8.05. The zero-order chi connectivity index (χ0) is 20.1. The van der Waals surface area contributed by atoms with Gasteiger partial charge >= 0.3 is 12.1 Å². The van der Waals surface area contributed by atoms with Crippen LogP contribution in [0, 0.1) is 5.92 Å². The molecule has 1 heterocycles. The third kappa shape index (κ3) is 6.99. The molecule has 6 nitrogen and oxygen atoms in total. The minimum atomic E-state index is -4.63. The zero-order valence-electron chi connectivity index (χ0n) is 15.5. The zero-order valence-corrected chi connectivity index (χ0v) is 16.3. The van der Waals surface area contributed by atoms with Gasteiger partial charge in [-0.25, -0.2) is 0 Å². The standard InChI is InChI=1S/C16H24F3N3O3S/c1-6-25-14(23)8-12(16(17,18)19)7-13(11-9-20-22(5)10-11)21-26(24)15(2,3)4/h9-10,12H,6-8H2,1-5H3/b21-13-/t12-,26+/m0/s1. The fraction of sp³-hybridized carbons (Fsp3) is 0.688. The summed E-state index contributed by atoms with van der Waals surface area (Å²) in [7, 11) is 1.61. The van der Waals surface area contributed by atoms with Crippen LogP contribution in [0.3, 0.4) is 0 Å². The fourth-order valence-corrected chi connectivity index (χ4v) is 2.63. The number of rotatable bonds is 7. The van der Waals surface area contributed by atoms with Crippen molar-refractivity contribution in [1.82, 2.24) is 9.78 Å². The highest BCUT2D eigenvalue weighted by atomic mass is 32.2. The summed E-state index contributed by atoms with van der Waals surface area (Å²) in [6.07, 6.45) is -3.18. The smallest absolute Gasteiger partial charge is 0.392 e.